The minimum atomic E-state index is -0.736. The Balaban J connectivity index is 1.56. The number of imide groups is 1. The van der Waals surface area contributed by atoms with Crippen molar-refractivity contribution < 1.29 is 28.8 Å². The maximum Gasteiger partial charge on any atom is 0.434 e. The van der Waals surface area contributed by atoms with Crippen molar-refractivity contribution in [1.82, 2.24) is 14.9 Å². The van der Waals surface area contributed by atoms with Crippen molar-refractivity contribution in [2.24, 2.45) is 5.92 Å². The number of methoxy groups -OCH3 is 1. The number of nitrogens with zero attached hydrogens (tertiary/aromatic N) is 3. The number of carbonyl (C=O) groups excluding carboxylic acids is 4. The largest absolute Gasteiger partial charge is 0.469 e. The Kier molecular flexibility index (Phi) is 4.59. The van der Waals surface area contributed by atoms with Crippen LogP contribution in [-0.2, 0) is 19.2 Å². The molecule has 3 saturated heterocycles. The van der Waals surface area contributed by atoms with E-state index in [-0.39, 0.29) is 11.9 Å². The molecule has 0 radical (unpaired) electrons. The fourth-order valence-electron chi connectivity index (χ4n) is 3.45. The summed E-state index contributed by atoms with van der Waals surface area (Å²) in [5.74, 6) is -0.995. The predicted octanol–water partition coefficient (Wildman–Crippen LogP) is 0.740. The molecular weight excluding hydrogens is 318 g/mol. The normalized spacial score (nSPS) is 24.9. The molecule has 0 N–H and O–H groups in total. The molecule has 4 amide bonds. The fraction of sp³-hybridized carbons (Fsp3) is 0.733. The average Bonchev–Trinajstić information content (AvgIpc) is 2.86. The van der Waals surface area contributed by atoms with Crippen molar-refractivity contribution >= 4 is 24.0 Å². The number of carbonyl (C=O) groups is 4. The van der Waals surface area contributed by atoms with Crippen molar-refractivity contribution in [3.05, 3.63) is 0 Å². The van der Waals surface area contributed by atoms with Crippen molar-refractivity contribution in [3.8, 4) is 0 Å². The van der Waals surface area contributed by atoms with Crippen LogP contribution >= 0.6 is 0 Å². The van der Waals surface area contributed by atoms with Gasteiger partial charge in [0.15, 0.2) is 0 Å². The molecule has 9 heteroatoms. The number of fused-ring (bicyclic) bond motifs is 1. The van der Waals surface area contributed by atoms with Gasteiger partial charge in [0.1, 0.15) is 6.04 Å². The monoisotopic (exact) mass is 339 g/mol. The summed E-state index contributed by atoms with van der Waals surface area (Å²) in [4.78, 5) is 56.1. The Morgan fingerprint density at radius 2 is 1.75 bits per heavy atom. The van der Waals surface area contributed by atoms with Gasteiger partial charge in [0.2, 0.25) is 0 Å². The number of rotatable bonds is 2. The van der Waals surface area contributed by atoms with Crippen LogP contribution in [0.25, 0.3) is 0 Å². The van der Waals surface area contributed by atoms with Crippen LogP contribution in [0.2, 0.25) is 0 Å². The van der Waals surface area contributed by atoms with Crippen molar-refractivity contribution in [2.45, 2.75) is 38.1 Å². The lowest BCUT2D eigenvalue weighted by atomic mass is 9.97. The first-order valence-electron chi connectivity index (χ1n) is 8.22. The van der Waals surface area contributed by atoms with Gasteiger partial charge in [0, 0.05) is 19.6 Å². The molecule has 0 aromatic carbocycles. The number of hydrogen-bond donors (Lipinski definition) is 0. The van der Waals surface area contributed by atoms with Gasteiger partial charge in [-0.15, -0.1) is 0 Å². The molecule has 1 atom stereocenters. The number of hydroxylamine groups is 2. The highest BCUT2D eigenvalue weighted by molar-refractivity contribution is 6.03. The maximum absolute atomic E-state index is 12.3. The molecule has 0 aromatic heterocycles. The van der Waals surface area contributed by atoms with Crippen LogP contribution in [0.3, 0.4) is 0 Å². The lowest BCUT2D eigenvalue weighted by molar-refractivity contribution is -0.152. The van der Waals surface area contributed by atoms with Crippen LogP contribution in [0.1, 0.15) is 32.1 Å². The van der Waals surface area contributed by atoms with Crippen LogP contribution in [0.4, 0.5) is 9.59 Å². The molecule has 3 rings (SSSR count). The molecule has 3 aliphatic heterocycles. The van der Waals surface area contributed by atoms with Crippen molar-refractivity contribution in [2.75, 3.05) is 26.7 Å². The van der Waals surface area contributed by atoms with E-state index in [9.17, 15) is 19.2 Å². The van der Waals surface area contributed by atoms with Crippen LogP contribution in [-0.4, -0.2) is 71.6 Å². The second kappa shape index (κ2) is 6.66. The van der Waals surface area contributed by atoms with E-state index < -0.39 is 24.1 Å². The predicted molar refractivity (Wildman–Crippen MR) is 79.4 cm³/mol. The van der Waals surface area contributed by atoms with E-state index in [0.717, 1.165) is 12.8 Å². The summed E-state index contributed by atoms with van der Waals surface area (Å²) in [5.41, 5.74) is 0. The first kappa shape index (κ1) is 16.5. The number of amides is 4. The molecule has 132 valence electrons. The molecule has 3 fully saturated rings. The molecule has 9 nitrogen and oxygen atoms in total. The van der Waals surface area contributed by atoms with E-state index in [4.69, 9.17) is 9.57 Å². The quantitative estimate of drug-likeness (QED) is 0.544. The highest BCUT2D eigenvalue weighted by Crippen LogP contribution is 2.27. The summed E-state index contributed by atoms with van der Waals surface area (Å²) in [5, 5.41) is 0.588. The van der Waals surface area contributed by atoms with E-state index in [0.29, 0.717) is 44.0 Å². The standard InChI is InChI=1S/C15H21N3O6/c1-23-13(20)10-5-8-16(9-6-10)15(22)24-18-12(19)11-4-2-3-7-17(11)14(18)21/h10-11H,2-9H2,1H3. The van der Waals surface area contributed by atoms with Crippen LogP contribution in [0.5, 0.6) is 0 Å². The first-order valence-corrected chi connectivity index (χ1v) is 8.22. The first-order chi connectivity index (χ1) is 11.5. The third kappa shape index (κ3) is 2.90. The second-order valence-electron chi connectivity index (χ2n) is 6.26. The summed E-state index contributed by atoms with van der Waals surface area (Å²) < 4.78 is 4.70. The Bertz CT molecular complexity index is 533. The van der Waals surface area contributed by atoms with Gasteiger partial charge >= 0.3 is 18.1 Å². The van der Waals surface area contributed by atoms with Gasteiger partial charge in [-0.3, -0.25) is 9.59 Å². The zero-order valence-electron chi connectivity index (χ0n) is 13.6. The number of urea groups is 1. The summed E-state index contributed by atoms with van der Waals surface area (Å²) in [6.07, 6.45) is 2.53. The Labute approximate surface area is 139 Å². The summed E-state index contributed by atoms with van der Waals surface area (Å²) in [6.45, 7) is 1.15. The molecule has 24 heavy (non-hydrogen) atoms. The van der Waals surface area contributed by atoms with Crippen LogP contribution in [0.15, 0.2) is 0 Å². The van der Waals surface area contributed by atoms with E-state index in [1.807, 2.05) is 0 Å². The third-order valence-corrected chi connectivity index (χ3v) is 4.86. The van der Waals surface area contributed by atoms with Crippen molar-refractivity contribution in [3.63, 3.8) is 0 Å². The van der Waals surface area contributed by atoms with Gasteiger partial charge in [-0.25, -0.2) is 9.59 Å². The minimum Gasteiger partial charge on any atom is -0.469 e. The van der Waals surface area contributed by atoms with E-state index >= 15 is 0 Å². The summed E-state index contributed by atoms with van der Waals surface area (Å²) in [6, 6.07) is -1.08. The molecule has 0 spiro atoms. The number of piperidine rings is 2. The smallest absolute Gasteiger partial charge is 0.434 e. The molecule has 3 heterocycles. The van der Waals surface area contributed by atoms with Crippen LogP contribution < -0.4 is 0 Å². The Hall–Kier alpha value is -2.32. The molecular formula is C15H21N3O6. The Morgan fingerprint density at radius 3 is 2.38 bits per heavy atom. The number of likely N-dealkylation sites (tertiary alicyclic amines) is 1. The van der Waals surface area contributed by atoms with Gasteiger partial charge in [-0.2, -0.15) is 0 Å². The summed E-state index contributed by atoms with van der Waals surface area (Å²) in [7, 11) is 1.34. The molecule has 0 saturated carbocycles. The molecule has 1 unspecified atom stereocenters. The summed E-state index contributed by atoms with van der Waals surface area (Å²) >= 11 is 0. The number of ether oxygens (including phenoxy) is 1. The highest BCUT2D eigenvalue weighted by atomic mass is 16.7. The second-order valence-corrected chi connectivity index (χ2v) is 6.26. The molecule has 0 aromatic rings. The zero-order valence-corrected chi connectivity index (χ0v) is 13.6. The number of esters is 1. The number of hydrogen-bond acceptors (Lipinski definition) is 6. The van der Waals surface area contributed by atoms with E-state index in [1.54, 1.807) is 0 Å². The molecule has 3 aliphatic rings. The SMILES string of the molecule is COC(=O)C1CCN(C(=O)ON2C(=O)C3CCCCN3C2=O)CC1. The van der Waals surface area contributed by atoms with E-state index in [2.05, 4.69) is 0 Å². The zero-order chi connectivity index (χ0) is 17.3. The van der Waals surface area contributed by atoms with Gasteiger partial charge in [-0.05, 0) is 32.1 Å². The fourth-order valence-corrected chi connectivity index (χ4v) is 3.45. The third-order valence-electron chi connectivity index (χ3n) is 4.86. The Morgan fingerprint density at radius 1 is 1.04 bits per heavy atom. The van der Waals surface area contributed by atoms with Gasteiger partial charge in [-0.1, -0.05) is 5.06 Å². The van der Waals surface area contributed by atoms with Gasteiger partial charge < -0.3 is 19.4 Å². The molecule has 0 aliphatic carbocycles. The minimum absolute atomic E-state index is 0.233. The lowest BCUT2D eigenvalue weighted by Crippen LogP contribution is -2.45. The molecule has 0 bridgehead atoms. The van der Waals surface area contributed by atoms with Gasteiger partial charge in [0.05, 0.1) is 13.0 Å². The maximum atomic E-state index is 12.3. The van der Waals surface area contributed by atoms with Crippen molar-refractivity contribution in [1.29, 1.82) is 0 Å². The van der Waals surface area contributed by atoms with E-state index in [1.165, 1.54) is 16.9 Å². The van der Waals surface area contributed by atoms with Gasteiger partial charge in [0.25, 0.3) is 5.91 Å². The highest BCUT2D eigenvalue weighted by Gasteiger charge is 2.49. The van der Waals surface area contributed by atoms with Crippen LogP contribution in [0, 0.1) is 5.92 Å². The average molecular weight is 339 g/mol. The lowest BCUT2D eigenvalue weighted by Gasteiger charge is -2.30. The topological polar surface area (TPSA) is 96.5 Å².